The Kier molecular flexibility index (Phi) is 3.28. The maximum atomic E-state index is 10.5. The van der Waals surface area contributed by atoms with Gasteiger partial charge in [-0.3, -0.25) is 4.79 Å². The van der Waals surface area contributed by atoms with Gasteiger partial charge in [-0.25, -0.2) is 0 Å². The summed E-state index contributed by atoms with van der Waals surface area (Å²) in [6.07, 6.45) is 0.824. The quantitative estimate of drug-likeness (QED) is 0.754. The molecule has 0 atom stereocenters. The first-order valence-electron chi connectivity index (χ1n) is 5.51. The van der Waals surface area contributed by atoms with Crippen LogP contribution in [0.1, 0.15) is 24.4 Å². The van der Waals surface area contributed by atoms with Crippen molar-refractivity contribution in [2.24, 2.45) is 0 Å². The minimum atomic E-state index is 0.132. The molecule has 88 valence electrons. The van der Waals surface area contributed by atoms with E-state index in [-0.39, 0.29) is 6.10 Å². The van der Waals surface area contributed by atoms with Gasteiger partial charge in [0.1, 0.15) is 11.5 Å². The van der Waals surface area contributed by atoms with E-state index in [2.05, 4.69) is 0 Å². The van der Waals surface area contributed by atoms with Crippen molar-refractivity contribution < 1.29 is 13.9 Å². The van der Waals surface area contributed by atoms with Gasteiger partial charge in [0.05, 0.1) is 6.10 Å². The fourth-order valence-corrected chi connectivity index (χ4v) is 1.57. The zero-order chi connectivity index (χ0) is 12.3. The van der Waals surface area contributed by atoms with Crippen molar-refractivity contribution >= 4 is 6.29 Å². The van der Waals surface area contributed by atoms with E-state index in [1.807, 2.05) is 38.1 Å². The average Bonchev–Trinajstić information content (AvgIpc) is 2.77. The van der Waals surface area contributed by atoms with Gasteiger partial charge in [0.15, 0.2) is 12.0 Å². The predicted molar refractivity (Wildman–Crippen MR) is 65.3 cm³/mol. The van der Waals surface area contributed by atoms with Crippen molar-refractivity contribution in [1.29, 1.82) is 0 Å². The highest BCUT2D eigenvalue weighted by atomic mass is 16.5. The molecule has 0 spiro atoms. The van der Waals surface area contributed by atoms with Crippen molar-refractivity contribution in [3.8, 4) is 17.1 Å². The highest BCUT2D eigenvalue weighted by molar-refractivity contribution is 5.73. The Labute approximate surface area is 100 Å². The van der Waals surface area contributed by atoms with Gasteiger partial charge in [-0.1, -0.05) is 12.1 Å². The van der Waals surface area contributed by atoms with Crippen LogP contribution in [0.5, 0.6) is 5.75 Å². The molecule has 1 aromatic carbocycles. The second-order valence-corrected chi connectivity index (χ2v) is 4.01. The lowest BCUT2D eigenvalue weighted by Gasteiger charge is -2.10. The number of furan rings is 1. The summed E-state index contributed by atoms with van der Waals surface area (Å²) in [5.41, 5.74) is 0.899. The number of ether oxygens (including phenoxy) is 1. The monoisotopic (exact) mass is 230 g/mol. The number of rotatable bonds is 4. The van der Waals surface area contributed by atoms with Gasteiger partial charge < -0.3 is 9.15 Å². The van der Waals surface area contributed by atoms with Gasteiger partial charge in [-0.2, -0.15) is 0 Å². The highest BCUT2D eigenvalue weighted by Crippen LogP contribution is 2.25. The van der Waals surface area contributed by atoms with E-state index in [1.165, 1.54) is 0 Å². The Morgan fingerprint density at radius 2 is 2.06 bits per heavy atom. The molecular formula is C14H14O3. The Hall–Kier alpha value is -2.03. The summed E-state index contributed by atoms with van der Waals surface area (Å²) in [7, 11) is 0. The highest BCUT2D eigenvalue weighted by Gasteiger charge is 2.06. The third kappa shape index (κ3) is 2.75. The van der Waals surface area contributed by atoms with E-state index in [0.29, 0.717) is 17.8 Å². The molecule has 3 heteroatoms. The molecule has 3 nitrogen and oxygen atoms in total. The van der Waals surface area contributed by atoms with Crippen molar-refractivity contribution in [1.82, 2.24) is 0 Å². The Morgan fingerprint density at radius 3 is 2.71 bits per heavy atom. The van der Waals surface area contributed by atoms with Crippen LogP contribution >= 0.6 is 0 Å². The molecular weight excluding hydrogens is 216 g/mol. The standard InChI is InChI=1S/C14H14O3/c1-10(2)16-12-5-3-4-11(8-12)14-7-6-13(9-15)17-14/h3-10H,1-2H3. The number of aldehydes is 1. The smallest absolute Gasteiger partial charge is 0.185 e. The predicted octanol–water partition coefficient (Wildman–Crippen LogP) is 3.55. The van der Waals surface area contributed by atoms with Crippen molar-refractivity contribution in [2.75, 3.05) is 0 Å². The lowest BCUT2D eigenvalue weighted by Crippen LogP contribution is -2.05. The first kappa shape index (κ1) is 11.5. The zero-order valence-electron chi connectivity index (χ0n) is 9.84. The molecule has 0 radical (unpaired) electrons. The lowest BCUT2D eigenvalue weighted by atomic mass is 10.1. The van der Waals surface area contributed by atoms with Crippen LogP contribution in [0.4, 0.5) is 0 Å². The molecule has 2 aromatic rings. The summed E-state index contributed by atoms with van der Waals surface area (Å²) in [4.78, 5) is 10.5. The molecule has 0 aliphatic rings. The lowest BCUT2D eigenvalue weighted by molar-refractivity contribution is 0.110. The largest absolute Gasteiger partial charge is 0.491 e. The molecule has 1 aromatic heterocycles. The summed E-state index contributed by atoms with van der Waals surface area (Å²) >= 11 is 0. The molecule has 0 aliphatic heterocycles. The molecule has 0 N–H and O–H groups in total. The molecule has 0 amide bonds. The van der Waals surface area contributed by atoms with Crippen LogP contribution in [0.25, 0.3) is 11.3 Å². The maximum Gasteiger partial charge on any atom is 0.185 e. The fourth-order valence-electron chi connectivity index (χ4n) is 1.57. The van der Waals surface area contributed by atoms with Crippen LogP contribution < -0.4 is 4.74 Å². The van der Waals surface area contributed by atoms with E-state index < -0.39 is 0 Å². The maximum absolute atomic E-state index is 10.5. The summed E-state index contributed by atoms with van der Waals surface area (Å²) < 4.78 is 11.0. The van der Waals surface area contributed by atoms with Gasteiger partial charge >= 0.3 is 0 Å². The van der Waals surface area contributed by atoms with Gasteiger partial charge in [-0.05, 0) is 38.1 Å². The SMILES string of the molecule is CC(C)Oc1cccc(-c2ccc(C=O)o2)c1. The van der Waals surface area contributed by atoms with Gasteiger partial charge in [0.2, 0.25) is 0 Å². The van der Waals surface area contributed by atoms with Crippen LogP contribution in [-0.2, 0) is 0 Å². The van der Waals surface area contributed by atoms with E-state index in [1.54, 1.807) is 12.1 Å². The molecule has 1 heterocycles. The second-order valence-electron chi connectivity index (χ2n) is 4.01. The average molecular weight is 230 g/mol. The Balaban J connectivity index is 2.29. The number of hydrogen-bond acceptors (Lipinski definition) is 3. The minimum absolute atomic E-state index is 0.132. The third-order valence-electron chi connectivity index (χ3n) is 2.23. The number of benzene rings is 1. The molecule has 0 bridgehead atoms. The van der Waals surface area contributed by atoms with Crippen LogP contribution in [0.2, 0.25) is 0 Å². The Morgan fingerprint density at radius 1 is 1.24 bits per heavy atom. The summed E-state index contributed by atoms with van der Waals surface area (Å²) in [5.74, 6) is 1.79. The first-order chi connectivity index (χ1) is 8.19. The normalized spacial score (nSPS) is 10.5. The fraction of sp³-hybridized carbons (Fsp3) is 0.214. The molecule has 0 saturated heterocycles. The molecule has 0 saturated carbocycles. The third-order valence-corrected chi connectivity index (χ3v) is 2.23. The topological polar surface area (TPSA) is 39.4 Å². The molecule has 0 unspecified atom stereocenters. The molecule has 17 heavy (non-hydrogen) atoms. The number of carbonyl (C=O) groups is 1. The minimum Gasteiger partial charge on any atom is -0.491 e. The molecule has 0 aliphatic carbocycles. The van der Waals surface area contributed by atoms with Crippen molar-refractivity contribution in [2.45, 2.75) is 20.0 Å². The van der Waals surface area contributed by atoms with Crippen molar-refractivity contribution in [3.63, 3.8) is 0 Å². The second kappa shape index (κ2) is 4.87. The van der Waals surface area contributed by atoms with Gasteiger partial charge in [0.25, 0.3) is 0 Å². The van der Waals surface area contributed by atoms with Crippen molar-refractivity contribution in [3.05, 3.63) is 42.2 Å². The van der Waals surface area contributed by atoms with E-state index in [9.17, 15) is 4.79 Å². The zero-order valence-corrected chi connectivity index (χ0v) is 9.84. The van der Waals surface area contributed by atoms with Crippen LogP contribution in [0.3, 0.4) is 0 Å². The van der Waals surface area contributed by atoms with E-state index >= 15 is 0 Å². The first-order valence-corrected chi connectivity index (χ1v) is 5.51. The number of carbonyl (C=O) groups excluding carboxylic acids is 1. The summed E-state index contributed by atoms with van der Waals surface area (Å²) in [6.45, 7) is 3.95. The summed E-state index contributed by atoms with van der Waals surface area (Å²) in [5, 5.41) is 0. The number of hydrogen-bond donors (Lipinski definition) is 0. The van der Waals surface area contributed by atoms with Crippen LogP contribution in [0, 0.1) is 0 Å². The van der Waals surface area contributed by atoms with Crippen LogP contribution in [-0.4, -0.2) is 12.4 Å². The van der Waals surface area contributed by atoms with E-state index in [4.69, 9.17) is 9.15 Å². The van der Waals surface area contributed by atoms with Gasteiger partial charge in [-0.15, -0.1) is 0 Å². The Bertz CT molecular complexity index is 512. The summed E-state index contributed by atoms with van der Waals surface area (Å²) in [6, 6.07) is 11.0. The molecule has 0 fully saturated rings. The molecule has 2 rings (SSSR count). The van der Waals surface area contributed by atoms with Gasteiger partial charge in [0, 0.05) is 5.56 Å². The van der Waals surface area contributed by atoms with E-state index in [0.717, 1.165) is 11.3 Å². The van der Waals surface area contributed by atoms with Crippen LogP contribution in [0.15, 0.2) is 40.8 Å².